The first kappa shape index (κ1) is 41.9. The molecule has 1 saturated heterocycles. The molecule has 0 bridgehead atoms. The van der Waals surface area contributed by atoms with E-state index in [1.165, 1.54) is 12.3 Å². The molecule has 1 fully saturated rings. The lowest BCUT2D eigenvalue weighted by Crippen LogP contribution is -2.47. The molecule has 57 heavy (non-hydrogen) atoms. The van der Waals surface area contributed by atoms with Crippen molar-refractivity contribution in [2.24, 2.45) is 0 Å². The fourth-order valence-electron chi connectivity index (χ4n) is 6.85. The molecule has 5 aromatic rings. The van der Waals surface area contributed by atoms with Gasteiger partial charge in [-0.15, -0.1) is 0 Å². The van der Waals surface area contributed by atoms with E-state index < -0.39 is 36.7 Å². The monoisotopic (exact) mass is 774 g/mol. The van der Waals surface area contributed by atoms with Crippen LogP contribution in [0.3, 0.4) is 0 Å². The highest BCUT2D eigenvalue weighted by Gasteiger charge is 2.39. The van der Waals surface area contributed by atoms with Crippen LogP contribution in [-0.4, -0.2) is 61.8 Å². The number of benzene rings is 5. The van der Waals surface area contributed by atoms with Crippen LogP contribution in [-0.2, 0) is 69.2 Å². The number of carbonyl (C=O) groups excluding carboxylic acids is 2. The molecule has 9 nitrogen and oxygen atoms in total. The smallest absolute Gasteiger partial charge is 0.306 e. The van der Waals surface area contributed by atoms with Gasteiger partial charge in [-0.05, 0) is 52.4 Å². The third-order valence-corrected chi connectivity index (χ3v) is 9.98. The minimum absolute atomic E-state index is 0.0386. The van der Waals surface area contributed by atoms with E-state index >= 15 is 0 Å². The molecule has 6 rings (SSSR count). The van der Waals surface area contributed by atoms with Crippen LogP contribution in [0.5, 0.6) is 0 Å². The van der Waals surface area contributed by atoms with Gasteiger partial charge in [-0.1, -0.05) is 134 Å². The Morgan fingerprint density at radius 1 is 0.632 bits per heavy atom. The van der Waals surface area contributed by atoms with Gasteiger partial charge in [0.1, 0.15) is 30.2 Å². The van der Waals surface area contributed by atoms with E-state index in [4.69, 9.17) is 33.2 Å². The number of fused-ring (bicyclic) bond motifs is 1. The first-order valence-corrected chi connectivity index (χ1v) is 19.9. The van der Waals surface area contributed by atoms with Gasteiger partial charge in [0, 0.05) is 12.8 Å². The lowest BCUT2D eigenvalue weighted by molar-refractivity contribution is -0.205. The highest BCUT2D eigenvalue weighted by molar-refractivity contribution is 5.83. The van der Waals surface area contributed by atoms with Crippen LogP contribution in [0, 0.1) is 0 Å². The van der Waals surface area contributed by atoms with Gasteiger partial charge in [0.05, 0.1) is 52.2 Å². The molecule has 4 unspecified atom stereocenters. The summed E-state index contributed by atoms with van der Waals surface area (Å²) in [5, 5.41) is 2.32. The maximum atomic E-state index is 12.6. The van der Waals surface area contributed by atoms with E-state index in [2.05, 4.69) is 30.3 Å². The van der Waals surface area contributed by atoms with Crippen molar-refractivity contribution in [3.63, 3.8) is 0 Å². The molecular weight excluding hydrogens is 721 g/mol. The summed E-state index contributed by atoms with van der Waals surface area (Å²) in [7, 11) is 0. The van der Waals surface area contributed by atoms with Gasteiger partial charge in [-0.25, -0.2) is 0 Å². The van der Waals surface area contributed by atoms with Crippen LogP contribution in [0.15, 0.2) is 133 Å². The predicted molar refractivity (Wildman–Crippen MR) is 218 cm³/mol. The Kier molecular flexibility index (Phi) is 16.4. The molecule has 5 aromatic carbocycles. The van der Waals surface area contributed by atoms with Crippen molar-refractivity contribution in [1.82, 2.24) is 0 Å². The van der Waals surface area contributed by atoms with E-state index in [1.807, 2.05) is 110 Å². The van der Waals surface area contributed by atoms with Crippen molar-refractivity contribution in [2.45, 2.75) is 103 Å². The second kappa shape index (κ2) is 22.3. The Hall–Kier alpha value is -4.74. The maximum absolute atomic E-state index is 12.6. The van der Waals surface area contributed by atoms with Crippen molar-refractivity contribution in [1.29, 1.82) is 0 Å². The van der Waals surface area contributed by atoms with E-state index in [0.717, 1.165) is 27.6 Å². The SMILES string of the molecule is CC[C@H]1O[C@@H](OCC(OCc2ccccc2)C(OCc2ccccc2)C(COCc2ccc3ccccc3c2)OCc2ccccc2)CC1OC(=O)CCC(C)=O. The van der Waals surface area contributed by atoms with E-state index in [9.17, 15) is 9.59 Å². The van der Waals surface area contributed by atoms with E-state index in [-0.39, 0.29) is 37.9 Å². The van der Waals surface area contributed by atoms with Gasteiger partial charge in [-0.3, -0.25) is 4.79 Å². The zero-order chi connectivity index (χ0) is 39.7. The molecule has 6 atom stereocenters. The van der Waals surface area contributed by atoms with Gasteiger partial charge in [0.2, 0.25) is 0 Å². The summed E-state index contributed by atoms with van der Waals surface area (Å²) in [5.41, 5.74) is 4.08. The highest BCUT2D eigenvalue weighted by atomic mass is 16.7. The molecule has 9 heteroatoms. The average molecular weight is 775 g/mol. The number of hydrogen-bond acceptors (Lipinski definition) is 9. The lowest BCUT2D eigenvalue weighted by atomic mass is 10.1. The molecule has 1 aliphatic heterocycles. The summed E-state index contributed by atoms with van der Waals surface area (Å²) < 4.78 is 45.3. The zero-order valence-corrected chi connectivity index (χ0v) is 32.9. The standard InChI is InChI=1S/C48H54O9/c1-3-42-43(56-46(50)26-23-35(2)49)28-47(57-42)54-34-45(53-31-37-17-9-5-10-18-37)48(55-32-38-19-11-6-12-20-38)44(52-30-36-15-7-4-8-16-36)33-51-29-39-24-25-40-21-13-14-22-41(40)27-39/h4-22,24-25,27,42-45,47-48H,3,23,26,28-34H2,1-2H3/t42-,43?,44?,45?,47-,48?/m1/s1. The number of ketones is 1. The van der Waals surface area contributed by atoms with Gasteiger partial charge in [0.25, 0.3) is 0 Å². The van der Waals surface area contributed by atoms with Gasteiger partial charge >= 0.3 is 5.97 Å². The maximum Gasteiger partial charge on any atom is 0.306 e. The van der Waals surface area contributed by atoms with Crippen LogP contribution in [0.25, 0.3) is 10.8 Å². The first-order chi connectivity index (χ1) is 27.9. The Balaban J connectivity index is 1.24. The van der Waals surface area contributed by atoms with Crippen molar-refractivity contribution in [3.8, 4) is 0 Å². The fourth-order valence-corrected chi connectivity index (χ4v) is 6.85. The fraction of sp³-hybridized carbons (Fsp3) is 0.375. The van der Waals surface area contributed by atoms with Crippen LogP contribution >= 0.6 is 0 Å². The number of hydrogen-bond donors (Lipinski definition) is 0. The van der Waals surface area contributed by atoms with Crippen LogP contribution in [0.1, 0.15) is 61.8 Å². The molecular formula is C48H54O9. The van der Waals surface area contributed by atoms with Crippen molar-refractivity contribution in [3.05, 3.63) is 156 Å². The summed E-state index contributed by atoms with van der Waals surface area (Å²) in [6.07, 6.45) is -2.14. The quantitative estimate of drug-likeness (QED) is 0.0603. The molecule has 0 amide bonds. The number of ether oxygens (including phenoxy) is 7. The Labute approximate surface area is 336 Å². The minimum Gasteiger partial charge on any atom is -0.459 e. The Bertz CT molecular complexity index is 1940. The predicted octanol–water partition coefficient (Wildman–Crippen LogP) is 8.94. The van der Waals surface area contributed by atoms with E-state index in [1.54, 1.807) is 0 Å². The average Bonchev–Trinajstić information content (AvgIpc) is 3.64. The van der Waals surface area contributed by atoms with Gasteiger partial charge in [0.15, 0.2) is 6.29 Å². The summed E-state index contributed by atoms with van der Waals surface area (Å²) >= 11 is 0. The number of rotatable bonds is 23. The van der Waals surface area contributed by atoms with Crippen molar-refractivity contribution >= 4 is 22.5 Å². The molecule has 0 saturated carbocycles. The summed E-state index contributed by atoms with van der Waals surface area (Å²) in [4.78, 5) is 24.0. The van der Waals surface area contributed by atoms with Crippen molar-refractivity contribution < 1.29 is 42.7 Å². The first-order valence-electron chi connectivity index (χ1n) is 19.9. The van der Waals surface area contributed by atoms with E-state index in [0.29, 0.717) is 39.3 Å². The minimum atomic E-state index is -0.647. The second-order valence-electron chi connectivity index (χ2n) is 14.4. The molecule has 0 aliphatic carbocycles. The molecule has 1 aliphatic rings. The number of carbonyl (C=O) groups is 2. The Morgan fingerprint density at radius 3 is 1.79 bits per heavy atom. The largest absolute Gasteiger partial charge is 0.459 e. The van der Waals surface area contributed by atoms with Crippen LogP contribution in [0.4, 0.5) is 0 Å². The van der Waals surface area contributed by atoms with Crippen LogP contribution in [0.2, 0.25) is 0 Å². The Morgan fingerprint density at radius 2 is 1.19 bits per heavy atom. The third kappa shape index (κ3) is 13.4. The lowest BCUT2D eigenvalue weighted by Gasteiger charge is -2.34. The molecule has 0 spiro atoms. The normalized spacial score (nSPS) is 18.2. The van der Waals surface area contributed by atoms with Crippen molar-refractivity contribution in [2.75, 3.05) is 13.2 Å². The second-order valence-corrected chi connectivity index (χ2v) is 14.4. The van der Waals surface area contributed by atoms with Gasteiger partial charge < -0.3 is 38.0 Å². The molecule has 0 aromatic heterocycles. The zero-order valence-electron chi connectivity index (χ0n) is 32.9. The topological polar surface area (TPSA) is 98.8 Å². The number of Topliss-reactive ketones (excluding diaryl/α,β-unsaturated/α-hetero) is 1. The summed E-state index contributed by atoms with van der Waals surface area (Å²) in [6, 6.07) is 44.6. The molecule has 300 valence electrons. The van der Waals surface area contributed by atoms with Crippen LogP contribution < -0.4 is 0 Å². The molecule has 0 N–H and O–H groups in total. The highest BCUT2D eigenvalue weighted by Crippen LogP contribution is 2.28. The molecule has 0 radical (unpaired) electrons. The summed E-state index contributed by atoms with van der Waals surface area (Å²) in [5.74, 6) is -0.475. The third-order valence-electron chi connectivity index (χ3n) is 9.98. The summed E-state index contributed by atoms with van der Waals surface area (Å²) in [6.45, 7) is 5.11. The van der Waals surface area contributed by atoms with Gasteiger partial charge in [-0.2, -0.15) is 0 Å². The number of esters is 1. The molecule has 1 heterocycles.